The van der Waals surface area contributed by atoms with Crippen LogP contribution in [0.2, 0.25) is 0 Å². The summed E-state index contributed by atoms with van der Waals surface area (Å²) in [7, 11) is 0. The molecular formula is C34H38N2O2. The first-order valence-electron chi connectivity index (χ1n) is 13.6. The van der Waals surface area contributed by atoms with E-state index >= 15 is 0 Å². The van der Waals surface area contributed by atoms with Crippen LogP contribution in [-0.2, 0) is 29.0 Å². The molecule has 0 aliphatic rings. The molecular weight excluding hydrogens is 468 g/mol. The fourth-order valence-corrected chi connectivity index (χ4v) is 4.78. The SMILES string of the molecule is CC[C@@H](C)NC(=O)[C@H](Cc1ccccc1)N(Cc1ccc(C)cc1)C(=O)CCc1cccc2ccccc12. The van der Waals surface area contributed by atoms with Crippen molar-refractivity contribution in [2.45, 2.75) is 65.1 Å². The molecule has 1 N–H and O–H groups in total. The Morgan fingerprint density at radius 3 is 2.24 bits per heavy atom. The highest BCUT2D eigenvalue weighted by Gasteiger charge is 2.30. The molecule has 0 fully saturated rings. The lowest BCUT2D eigenvalue weighted by atomic mass is 9.99. The van der Waals surface area contributed by atoms with Crippen molar-refractivity contribution in [1.82, 2.24) is 10.2 Å². The van der Waals surface area contributed by atoms with Gasteiger partial charge >= 0.3 is 0 Å². The van der Waals surface area contributed by atoms with Gasteiger partial charge in [-0.05, 0) is 54.2 Å². The van der Waals surface area contributed by atoms with Crippen LogP contribution in [0.15, 0.2) is 97.1 Å². The number of benzene rings is 4. The molecule has 4 rings (SSSR count). The molecule has 38 heavy (non-hydrogen) atoms. The van der Waals surface area contributed by atoms with E-state index in [1.165, 1.54) is 10.8 Å². The van der Waals surface area contributed by atoms with Gasteiger partial charge in [0, 0.05) is 25.4 Å². The van der Waals surface area contributed by atoms with E-state index < -0.39 is 6.04 Å². The number of carbonyl (C=O) groups is 2. The number of aryl methyl sites for hydroxylation is 2. The summed E-state index contributed by atoms with van der Waals surface area (Å²) >= 11 is 0. The minimum atomic E-state index is -0.604. The van der Waals surface area contributed by atoms with Crippen molar-refractivity contribution in [3.63, 3.8) is 0 Å². The molecule has 2 amide bonds. The number of hydrogen-bond acceptors (Lipinski definition) is 2. The van der Waals surface area contributed by atoms with Crippen LogP contribution >= 0.6 is 0 Å². The van der Waals surface area contributed by atoms with Crippen molar-refractivity contribution in [3.05, 3.63) is 119 Å². The Morgan fingerprint density at radius 2 is 1.50 bits per heavy atom. The fraction of sp³-hybridized carbons (Fsp3) is 0.294. The van der Waals surface area contributed by atoms with Gasteiger partial charge in [-0.2, -0.15) is 0 Å². The average Bonchev–Trinajstić information content (AvgIpc) is 2.95. The lowest BCUT2D eigenvalue weighted by Gasteiger charge is -2.32. The molecule has 0 aliphatic carbocycles. The molecule has 4 heteroatoms. The third kappa shape index (κ3) is 7.10. The van der Waals surface area contributed by atoms with Gasteiger partial charge in [-0.25, -0.2) is 0 Å². The van der Waals surface area contributed by atoms with Crippen molar-refractivity contribution < 1.29 is 9.59 Å². The minimum absolute atomic E-state index is 0.0151. The van der Waals surface area contributed by atoms with Gasteiger partial charge < -0.3 is 10.2 Å². The molecule has 0 saturated heterocycles. The Balaban J connectivity index is 1.64. The standard InChI is InChI=1S/C34H38N2O2/c1-4-26(3)35-34(38)32(23-27-11-6-5-7-12-27)36(24-28-19-17-25(2)18-20-28)33(37)22-21-30-15-10-14-29-13-8-9-16-31(29)30/h5-20,26,32H,4,21-24H2,1-3H3,(H,35,38)/t26-,32+/m1/s1. The van der Waals surface area contributed by atoms with E-state index in [0.29, 0.717) is 25.8 Å². The lowest BCUT2D eigenvalue weighted by Crippen LogP contribution is -2.52. The summed E-state index contributed by atoms with van der Waals surface area (Å²) in [6, 6.07) is 32.1. The first-order chi connectivity index (χ1) is 18.4. The zero-order valence-corrected chi connectivity index (χ0v) is 22.7. The molecule has 0 spiro atoms. The highest BCUT2D eigenvalue weighted by molar-refractivity contribution is 5.89. The maximum atomic E-state index is 14.0. The summed E-state index contributed by atoms with van der Waals surface area (Å²) in [5, 5.41) is 5.49. The number of hydrogen-bond donors (Lipinski definition) is 1. The van der Waals surface area contributed by atoms with Crippen LogP contribution in [0.4, 0.5) is 0 Å². The summed E-state index contributed by atoms with van der Waals surface area (Å²) < 4.78 is 0. The van der Waals surface area contributed by atoms with Gasteiger partial charge in [-0.15, -0.1) is 0 Å². The first-order valence-corrected chi connectivity index (χ1v) is 13.6. The van der Waals surface area contributed by atoms with Gasteiger partial charge in [-0.3, -0.25) is 9.59 Å². The second-order valence-corrected chi connectivity index (χ2v) is 10.2. The van der Waals surface area contributed by atoms with Crippen molar-refractivity contribution in [1.29, 1.82) is 0 Å². The molecule has 0 unspecified atom stereocenters. The van der Waals surface area contributed by atoms with E-state index in [2.05, 4.69) is 55.6 Å². The van der Waals surface area contributed by atoms with Crippen LogP contribution in [0.5, 0.6) is 0 Å². The van der Waals surface area contributed by atoms with Gasteiger partial charge in [0.2, 0.25) is 11.8 Å². The normalized spacial score (nSPS) is 12.6. The van der Waals surface area contributed by atoms with Crippen molar-refractivity contribution >= 4 is 22.6 Å². The summed E-state index contributed by atoms with van der Waals surface area (Å²) in [5.74, 6) is -0.118. The van der Waals surface area contributed by atoms with E-state index in [1.54, 1.807) is 4.90 Å². The maximum absolute atomic E-state index is 14.0. The number of nitrogens with zero attached hydrogens (tertiary/aromatic N) is 1. The monoisotopic (exact) mass is 506 g/mol. The zero-order chi connectivity index (χ0) is 26.9. The summed E-state index contributed by atoms with van der Waals surface area (Å²) in [4.78, 5) is 29.4. The Morgan fingerprint density at radius 1 is 0.816 bits per heavy atom. The fourth-order valence-electron chi connectivity index (χ4n) is 4.78. The lowest BCUT2D eigenvalue weighted by molar-refractivity contribution is -0.141. The van der Waals surface area contributed by atoms with Crippen molar-refractivity contribution in [2.24, 2.45) is 0 Å². The molecule has 4 aromatic carbocycles. The smallest absolute Gasteiger partial charge is 0.243 e. The van der Waals surface area contributed by atoms with Crippen LogP contribution < -0.4 is 5.32 Å². The number of amides is 2. The molecule has 196 valence electrons. The zero-order valence-electron chi connectivity index (χ0n) is 22.7. The third-order valence-electron chi connectivity index (χ3n) is 7.23. The molecule has 0 heterocycles. The maximum Gasteiger partial charge on any atom is 0.243 e. The topological polar surface area (TPSA) is 49.4 Å². The number of carbonyl (C=O) groups excluding carboxylic acids is 2. The van der Waals surface area contributed by atoms with Gasteiger partial charge in [0.15, 0.2) is 0 Å². The predicted octanol–water partition coefficient (Wildman–Crippen LogP) is 6.64. The summed E-state index contributed by atoms with van der Waals surface area (Å²) in [6.07, 6.45) is 2.25. The molecule has 0 bridgehead atoms. The van der Waals surface area contributed by atoms with E-state index in [0.717, 1.165) is 28.7 Å². The second-order valence-electron chi connectivity index (χ2n) is 10.2. The third-order valence-corrected chi connectivity index (χ3v) is 7.23. The molecule has 4 nitrogen and oxygen atoms in total. The predicted molar refractivity (Wildman–Crippen MR) is 156 cm³/mol. The molecule has 0 radical (unpaired) electrons. The quantitative estimate of drug-likeness (QED) is 0.248. The van der Waals surface area contributed by atoms with Crippen LogP contribution in [0.25, 0.3) is 10.8 Å². The van der Waals surface area contributed by atoms with E-state index in [9.17, 15) is 9.59 Å². The van der Waals surface area contributed by atoms with Crippen molar-refractivity contribution in [3.8, 4) is 0 Å². The van der Waals surface area contributed by atoms with E-state index in [1.807, 2.05) is 67.6 Å². The molecule has 0 aliphatic heterocycles. The van der Waals surface area contributed by atoms with Gasteiger partial charge in [0.05, 0.1) is 0 Å². The van der Waals surface area contributed by atoms with Crippen molar-refractivity contribution in [2.75, 3.05) is 0 Å². The Labute approximate surface area is 226 Å². The largest absolute Gasteiger partial charge is 0.352 e. The van der Waals surface area contributed by atoms with Crippen LogP contribution in [-0.4, -0.2) is 28.8 Å². The highest BCUT2D eigenvalue weighted by Crippen LogP contribution is 2.22. The van der Waals surface area contributed by atoms with Crippen LogP contribution in [0, 0.1) is 6.92 Å². The summed E-state index contributed by atoms with van der Waals surface area (Å²) in [5.41, 5.74) is 4.37. The Kier molecular flexibility index (Phi) is 9.31. The Hall–Kier alpha value is -3.92. The van der Waals surface area contributed by atoms with E-state index in [4.69, 9.17) is 0 Å². The van der Waals surface area contributed by atoms with Gasteiger partial charge in [0.25, 0.3) is 0 Å². The Bertz CT molecular complexity index is 1340. The van der Waals surface area contributed by atoms with E-state index in [-0.39, 0.29) is 17.9 Å². The van der Waals surface area contributed by atoms with Gasteiger partial charge in [0.1, 0.15) is 6.04 Å². The average molecular weight is 507 g/mol. The number of fused-ring (bicyclic) bond motifs is 1. The second kappa shape index (κ2) is 13.0. The summed E-state index contributed by atoms with van der Waals surface area (Å²) in [6.45, 7) is 6.50. The number of nitrogens with one attached hydrogen (secondary N) is 1. The number of rotatable bonds is 11. The minimum Gasteiger partial charge on any atom is -0.352 e. The van der Waals surface area contributed by atoms with Gasteiger partial charge in [-0.1, -0.05) is 110 Å². The van der Waals surface area contributed by atoms with Crippen LogP contribution in [0.1, 0.15) is 48.9 Å². The molecule has 0 saturated carbocycles. The molecule has 2 atom stereocenters. The van der Waals surface area contributed by atoms with Crippen LogP contribution in [0.3, 0.4) is 0 Å². The molecule has 4 aromatic rings. The highest BCUT2D eigenvalue weighted by atomic mass is 16.2. The molecule has 0 aromatic heterocycles. The first kappa shape index (κ1) is 27.1.